The largest absolute Gasteiger partial charge is 0.329 e. The van der Waals surface area contributed by atoms with Gasteiger partial charge in [0.1, 0.15) is 12.1 Å². The Morgan fingerprint density at radius 3 is 2.47 bits per heavy atom. The van der Waals surface area contributed by atoms with Crippen LogP contribution in [0.5, 0.6) is 0 Å². The van der Waals surface area contributed by atoms with Gasteiger partial charge in [0.05, 0.1) is 0 Å². The van der Waals surface area contributed by atoms with Crippen molar-refractivity contribution in [3.8, 4) is 0 Å². The molecule has 0 aromatic heterocycles. The summed E-state index contributed by atoms with van der Waals surface area (Å²) in [7, 11) is 0. The van der Waals surface area contributed by atoms with Crippen LogP contribution in [-0.2, 0) is 9.59 Å². The zero-order chi connectivity index (χ0) is 13.6. The molecular weight excluding hydrogens is 240 g/mol. The van der Waals surface area contributed by atoms with Crippen molar-refractivity contribution in [2.75, 3.05) is 6.54 Å². The Bertz CT molecular complexity index is 403. The average Bonchev–Trinajstić information content (AvgIpc) is 2.40. The number of rotatable bonds is 2. The molecule has 0 aromatic carbocycles. The van der Waals surface area contributed by atoms with Gasteiger partial charge in [-0.3, -0.25) is 9.59 Å². The van der Waals surface area contributed by atoms with E-state index in [2.05, 4.69) is 6.92 Å². The Labute approximate surface area is 115 Å². The molecule has 0 radical (unpaired) electrons. The molecule has 19 heavy (non-hydrogen) atoms. The standard InChI is InChI=1S/C15H24N2O2/c1-3-11-13(18)16-10-5-4-7-12(16)14(19)17(11)15(2)8-6-9-15/h11-12H,3-10H2,1-2H3. The molecule has 2 aliphatic heterocycles. The number of hydrogen-bond donors (Lipinski definition) is 0. The molecule has 0 aromatic rings. The molecule has 2 unspecified atom stereocenters. The number of carbonyl (C=O) groups excluding carboxylic acids is 2. The molecule has 2 atom stereocenters. The van der Waals surface area contributed by atoms with Crippen LogP contribution >= 0.6 is 0 Å². The van der Waals surface area contributed by atoms with Crippen molar-refractivity contribution in [2.45, 2.75) is 76.4 Å². The fourth-order valence-corrected chi connectivity index (χ4v) is 4.00. The second-order valence-corrected chi connectivity index (χ2v) is 6.53. The van der Waals surface area contributed by atoms with Crippen LogP contribution in [0.4, 0.5) is 0 Å². The van der Waals surface area contributed by atoms with Crippen LogP contribution in [0.2, 0.25) is 0 Å². The van der Waals surface area contributed by atoms with Crippen LogP contribution in [0.25, 0.3) is 0 Å². The van der Waals surface area contributed by atoms with Crippen molar-refractivity contribution < 1.29 is 9.59 Å². The van der Waals surface area contributed by atoms with Gasteiger partial charge in [-0.15, -0.1) is 0 Å². The molecule has 0 bridgehead atoms. The van der Waals surface area contributed by atoms with Crippen molar-refractivity contribution in [2.24, 2.45) is 0 Å². The highest BCUT2D eigenvalue weighted by atomic mass is 16.2. The van der Waals surface area contributed by atoms with Gasteiger partial charge < -0.3 is 9.80 Å². The van der Waals surface area contributed by atoms with E-state index in [0.29, 0.717) is 0 Å². The number of amides is 2. The zero-order valence-corrected chi connectivity index (χ0v) is 12.0. The van der Waals surface area contributed by atoms with Gasteiger partial charge in [-0.05, 0) is 51.9 Å². The Morgan fingerprint density at radius 1 is 1.16 bits per heavy atom. The lowest BCUT2D eigenvalue weighted by atomic mass is 9.74. The summed E-state index contributed by atoms with van der Waals surface area (Å²) in [5.74, 6) is 0.410. The third-order valence-corrected chi connectivity index (χ3v) is 5.30. The fourth-order valence-electron chi connectivity index (χ4n) is 4.00. The highest BCUT2D eigenvalue weighted by Gasteiger charge is 2.53. The lowest BCUT2D eigenvalue weighted by Crippen LogP contribution is -2.71. The van der Waals surface area contributed by atoms with Crippen molar-refractivity contribution >= 4 is 11.8 Å². The van der Waals surface area contributed by atoms with Gasteiger partial charge in [0.25, 0.3) is 0 Å². The van der Waals surface area contributed by atoms with Crippen LogP contribution < -0.4 is 0 Å². The maximum atomic E-state index is 12.8. The van der Waals surface area contributed by atoms with Crippen LogP contribution in [0.1, 0.15) is 58.8 Å². The van der Waals surface area contributed by atoms with E-state index in [1.165, 1.54) is 6.42 Å². The summed E-state index contributed by atoms with van der Waals surface area (Å²) in [5.41, 5.74) is -0.0586. The minimum Gasteiger partial charge on any atom is -0.329 e. The molecule has 3 rings (SSSR count). The highest BCUT2D eigenvalue weighted by molar-refractivity contribution is 5.97. The molecule has 4 heteroatoms. The molecule has 2 amide bonds. The molecule has 2 heterocycles. The van der Waals surface area contributed by atoms with Gasteiger partial charge >= 0.3 is 0 Å². The van der Waals surface area contributed by atoms with Crippen molar-refractivity contribution in [3.63, 3.8) is 0 Å². The van der Waals surface area contributed by atoms with Crippen LogP contribution in [-0.4, -0.2) is 45.8 Å². The van der Waals surface area contributed by atoms with E-state index in [4.69, 9.17) is 0 Å². The first-order valence-corrected chi connectivity index (χ1v) is 7.72. The first-order valence-electron chi connectivity index (χ1n) is 7.72. The second-order valence-electron chi connectivity index (χ2n) is 6.53. The quantitative estimate of drug-likeness (QED) is 0.764. The number of nitrogens with zero attached hydrogens (tertiary/aromatic N) is 2. The minimum atomic E-state index is -0.216. The predicted octanol–water partition coefficient (Wildman–Crippen LogP) is 1.93. The summed E-state index contributed by atoms with van der Waals surface area (Å²) in [6.45, 7) is 4.95. The van der Waals surface area contributed by atoms with Crippen LogP contribution in [0, 0.1) is 0 Å². The predicted molar refractivity (Wildman–Crippen MR) is 72.5 cm³/mol. The minimum absolute atomic E-state index is 0.0586. The summed E-state index contributed by atoms with van der Waals surface area (Å²) in [6.07, 6.45) is 6.99. The van der Waals surface area contributed by atoms with Gasteiger partial charge in [-0.25, -0.2) is 0 Å². The zero-order valence-electron chi connectivity index (χ0n) is 12.0. The third-order valence-electron chi connectivity index (χ3n) is 5.30. The summed E-state index contributed by atoms with van der Waals surface area (Å²) < 4.78 is 0. The van der Waals surface area contributed by atoms with E-state index in [1.54, 1.807) is 0 Å². The van der Waals surface area contributed by atoms with E-state index < -0.39 is 0 Å². The van der Waals surface area contributed by atoms with Crippen LogP contribution in [0.15, 0.2) is 0 Å². The average molecular weight is 264 g/mol. The van der Waals surface area contributed by atoms with Crippen molar-refractivity contribution in [3.05, 3.63) is 0 Å². The number of fused-ring (bicyclic) bond motifs is 1. The van der Waals surface area contributed by atoms with Gasteiger partial charge in [-0.1, -0.05) is 6.92 Å². The summed E-state index contributed by atoms with van der Waals surface area (Å²) >= 11 is 0. The summed E-state index contributed by atoms with van der Waals surface area (Å²) in [6, 6.07) is -0.381. The van der Waals surface area contributed by atoms with Gasteiger partial charge in [-0.2, -0.15) is 0 Å². The molecule has 1 aliphatic carbocycles. The topological polar surface area (TPSA) is 40.6 Å². The lowest BCUT2D eigenvalue weighted by Gasteiger charge is -2.56. The number of piperidine rings is 1. The van der Waals surface area contributed by atoms with E-state index in [-0.39, 0.29) is 29.4 Å². The Hall–Kier alpha value is -1.06. The monoisotopic (exact) mass is 264 g/mol. The molecule has 4 nitrogen and oxygen atoms in total. The smallest absolute Gasteiger partial charge is 0.246 e. The Balaban J connectivity index is 1.93. The molecule has 2 saturated heterocycles. The molecule has 1 saturated carbocycles. The van der Waals surface area contributed by atoms with E-state index >= 15 is 0 Å². The van der Waals surface area contributed by atoms with E-state index in [9.17, 15) is 9.59 Å². The lowest BCUT2D eigenvalue weighted by molar-refractivity contribution is -0.174. The summed E-state index contributed by atoms with van der Waals surface area (Å²) in [4.78, 5) is 29.3. The number of carbonyl (C=O) groups is 2. The Morgan fingerprint density at radius 2 is 1.89 bits per heavy atom. The Kier molecular flexibility index (Phi) is 3.06. The molecular formula is C15H24N2O2. The maximum absolute atomic E-state index is 12.8. The SMILES string of the molecule is CCC1C(=O)N2CCCCC2C(=O)N1C1(C)CCC1. The first kappa shape index (κ1) is 12.9. The molecule has 0 N–H and O–H groups in total. The molecule has 106 valence electrons. The normalized spacial score (nSPS) is 34.0. The fraction of sp³-hybridized carbons (Fsp3) is 0.867. The summed E-state index contributed by atoms with van der Waals surface area (Å²) in [5, 5.41) is 0. The molecule has 3 fully saturated rings. The third kappa shape index (κ3) is 1.79. The molecule has 0 spiro atoms. The van der Waals surface area contributed by atoms with Crippen LogP contribution in [0.3, 0.4) is 0 Å². The molecule has 3 aliphatic rings. The number of piperazine rings is 1. The first-order chi connectivity index (χ1) is 9.08. The highest BCUT2D eigenvalue weighted by Crippen LogP contribution is 2.42. The van der Waals surface area contributed by atoms with E-state index in [0.717, 1.165) is 45.1 Å². The number of hydrogen-bond acceptors (Lipinski definition) is 2. The maximum Gasteiger partial charge on any atom is 0.246 e. The second kappa shape index (κ2) is 4.50. The van der Waals surface area contributed by atoms with Gasteiger partial charge in [0.15, 0.2) is 0 Å². The van der Waals surface area contributed by atoms with E-state index in [1.807, 2.05) is 16.7 Å². The van der Waals surface area contributed by atoms with Crippen molar-refractivity contribution in [1.29, 1.82) is 0 Å². The van der Waals surface area contributed by atoms with Crippen molar-refractivity contribution in [1.82, 2.24) is 9.80 Å². The van der Waals surface area contributed by atoms with Gasteiger partial charge in [0.2, 0.25) is 11.8 Å². The van der Waals surface area contributed by atoms with Gasteiger partial charge in [0, 0.05) is 12.1 Å².